The Hall–Kier alpha value is -3.41. The van der Waals surface area contributed by atoms with Gasteiger partial charge in [-0.15, -0.1) is 10.2 Å². The van der Waals surface area contributed by atoms with E-state index < -0.39 is 17.5 Å². The van der Waals surface area contributed by atoms with Gasteiger partial charge in [0.05, 0.1) is 24.8 Å². The van der Waals surface area contributed by atoms with Crippen molar-refractivity contribution in [2.75, 3.05) is 24.0 Å². The molecular formula is C16H17N5O6S. The second-order valence-electron chi connectivity index (χ2n) is 5.40. The Labute approximate surface area is 162 Å². The van der Waals surface area contributed by atoms with E-state index in [9.17, 15) is 19.2 Å². The number of thioether (sulfide) groups is 1. The normalized spacial score (nSPS) is 10.3. The van der Waals surface area contributed by atoms with Crippen molar-refractivity contribution < 1.29 is 24.2 Å². The van der Waals surface area contributed by atoms with E-state index in [0.29, 0.717) is 11.3 Å². The third-order valence-corrected chi connectivity index (χ3v) is 4.37. The number of nitrogens with zero attached hydrogens (tertiary/aromatic N) is 3. The minimum atomic E-state index is -1.07. The molecule has 0 aliphatic rings. The zero-order chi connectivity index (χ0) is 20.7. The second kappa shape index (κ2) is 9.50. The van der Waals surface area contributed by atoms with Crippen molar-refractivity contribution in [2.24, 2.45) is 0 Å². The molecule has 2 rings (SSSR count). The van der Waals surface area contributed by atoms with Gasteiger partial charge in [0.25, 0.3) is 5.56 Å². The van der Waals surface area contributed by atoms with Crippen LogP contribution in [-0.2, 0) is 20.7 Å². The predicted molar refractivity (Wildman–Crippen MR) is 99.5 cm³/mol. The van der Waals surface area contributed by atoms with Gasteiger partial charge in [0.1, 0.15) is 5.69 Å². The molecule has 0 radical (unpaired) electrons. The number of aryl methyl sites for hydroxylation is 1. The van der Waals surface area contributed by atoms with E-state index in [4.69, 9.17) is 10.9 Å². The minimum absolute atomic E-state index is 0.0141. The van der Waals surface area contributed by atoms with Gasteiger partial charge < -0.3 is 21.0 Å². The van der Waals surface area contributed by atoms with Crippen molar-refractivity contribution >= 4 is 35.3 Å². The lowest BCUT2D eigenvalue weighted by Gasteiger charge is -2.08. The van der Waals surface area contributed by atoms with Gasteiger partial charge >= 0.3 is 11.9 Å². The molecule has 1 amide bonds. The Morgan fingerprint density at radius 3 is 2.54 bits per heavy atom. The minimum Gasteiger partial charge on any atom is -0.481 e. The maximum Gasteiger partial charge on any atom is 0.337 e. The summed E-state index contributed by atoms with van der Waals surface area (Å²) in [5.74, 6) is 3.60. The van der Waals surface area contributed by atoms with Gasteiger partial charge in [-0.2, -0.15) is 4.68 Å². The fourth-order valence-corrected chi connectivity index (χ4v) is 2.69. The van der Waals surface area contributed by atoms with E-state index in [-0.39, 0.29) is 35.4 Å². The number of carbonyl (C=O) groups is 3. The number of aromatic nitrogens is 3. The molecule has 0 saturated heterocycles. The van der Waals surface area contributed by atoms with Gasteiger partial charge in [0.2, 0.25) is 11.1 Å². The number of methoxy groups -OCH3 is 1. The van der Waals surface area contributed by atoms with Crippen LogP contribution in [0.1, 0.15) is 22.5 Å². The summed E-state index contributed by atoms with van der Waals surface area (Å²) in [5.41, 5.74) is 0.0840. The van der Waals surface area contributed by atoms with E-state index in [1.807, 2.05) is 0 Å². The number of carboxylic acids is 1. The zero-order valence-corrected chi connectivity index (χ0v) is 15.6. The molecule has 1 aromatic carbocycles. The van der Waals surface area contributed by atoms with Crippen LogP contribution in [0.4, 0.5) is 5.69 Å². The van der Waals surface area contributed by atoms with Crippen molar-refractivity contribution in [1.82, 2.24) is 14.9 Å². The number of rotatable bonds is 8. The summed E-state index contributed by atoms with van der Waals surface area (Å²) < 4.78 is 5.32. The summed E-state index contributed by atoms with van der Waals surface area (Å²) in [6.07, 6.45) is -0.362. The molecule has 0 atom stereocenters. The van der Waals surface area contributed by atoms with Crippen LogP contribution < -0.4 is 16.7 Å². The van der Waals surface area contributed by atoms with Crippen LogP contribution in [0.3, 0.4) is 0 Å². The highest BCUT2D eigenvalue weighted by Crippen LogP contribution is 2.14. The zero-order valence-electron chi connectivity index (χ0n) is 14.7. The number of benzene rings is 1. The summed E-state index contributed by atoms with van der Waals surface area (Å²) in [4.78, 5) is 46.0. The van der Waals surface area contributed by atoms with Gasteiger partial charge in [-0.05, 0) is 24.3 Å². The number of nitrogens with two attached hydrogens (primary N) is 1. The van der Waals surface area contributed by atoms with Crippen molar-refractivity contribution in [2.45, 2.75) is 18.0 Å². The van der Waals surface area contributed by atoms with Crippen molar-refractivity contribution in [3.8, 4) is 0 Å². The number of anilines is 1. The molecule has 28 heavy (non-hydrogen) atoms. The lowest BCUT2D eigenvalue weighted by molar-refractivity contribution is -0.137. The van der Waals surface area contributed by atoms with Crippen LogP contribution in [0.2, 0.25) is 0 Å². The highest BCUT2D eigenvalue weighted by Gasteiger charge is 2.14. The van der Waals surface area contributed by atoms with Gasteiger partial charge in [-0.3, -0.25) is 14.4 Å². The Kier molecular flexibility index (Phi) is 7.09. The molecule has 0 aliphatic carbocycles. The Balaban J connectivity index is 1.95. The van der Waals surface area contributed by atoms with Crippen LogP contribution in [0.5, 0.6) is 0 Å². The molecule has 0 bridgehead atoms. The number of carboxylic acid groups (broad SMARTS) is 1. The predicted octanol–water partition coefficient (Wildman–Crippen LogP) is -0.113. The first-order chi connectivity index (χ1) is 13.3. The molecule has 0 aliphatic heterocycles. The smallest absolute Gasteiger partial charge is 0.337 e. The highest BCUT2D eigenvalue weighted by molar-refractivity contribution is 7.99. The molecular weight excluding hydrogens is 390 g/mol. The largest absolute Gasteiger partial charge is 0.481 e. The Bertz CT molecular complexity index is 944. The maximum atomic E-state index is 12.0. The molecule has 1 heterocycles. The van der Waals surface area contributed by atoms with Crippen molar-refractivity contribution in [3.63, 3.8) is 0 Å². The molecule has 1 aromatic heterocycles. The second-order valence-corrected chi connectivity index (χ2v) is 6.35. The number of amides is 1. The van der Waals surface area contributed by atoms with Crippen molar-refractivity contribution in [1.29, 1.82) is 0 Å². The molecule has 4 N–H and O–H groups in total. The molecule has 0 unspecified atom stereocenters. The van der Waals surface area contributed by atoms with Crippen LogP contribution in [0, 0.1) is 0 Å². The first kappa shape index (κ1) is 20.9. The van der Waals surface area contributed by atoms with E-state index in [2.05, 4.69) is 20.3 Å². The lowest BCUT2D eigenvalue weighted by atomic mass is 10.2. The topological polar surface area (TPSA) is 167 Å². The van der Waals surface area contributed by atoms with Crippen LogP contribution in [0.15, 0.2) is 34.2 Å². The average Bonchev–Trinajstić information content (AvgIpc) is 2.68. The summed E-state index contributed by atoms with van der Waals surface area (Å²) in [6, 6.07) is 6.11. The third-order valence-electron chi connectivity index (χ3n) is 3.43. The highest BCUT2D eigenvalue weighted by atomic mass is 32.2. The van der Waals surface area contributed by atoms with Crippen LogP contribution >= 0.6 is 11.8 Å². The molecule has 2 aromatic rings. The molecule has 0 saturated carbocycles. The number of nitrogens with one attached hydrogen (secondary N) is 1. The standard InChI is InChI=1S/C16H17N5O6S/c1-27-15(26)9-2-4-10(5-3-9)18-12(22)8-28-16-20-19-11(6-7-13(23)24)14(25)21(16)17/h2-5H,6-8,17H2,1H3,(H,18,22)(H,23,24). The number of aliphatic carboxylic acids is 1. The van der Waals surface area contributed by atoms with E-state index >= 15 is 0 Å². The SMILES string of the molecule is COC(=O)c1ccc(NC(=O)CSc2nnc(CCC(=O)O)c(=O)n2N)cc1. The number of ether oxygens (including phenoxy) is 1. The first-order valence-corrected chi connectivity index (χ1v) is 8.87. The Morgan fingerprint density at radius 2 is 1.93 bits per heavy atom. The molecule has 0 fully saturated rings. The number of hydrogen-bond donors (Lipinski definition) is 3. The quantitative estimate of drug-likeness (QED) is 0.305. The molecule has 148 valence electrons. The monoisotopic (exact) mass is 407 g/mol. The van der Waals surface area contributed by atoms with E-state index in [1.54, 1.807) is 12.1 Å². The van der Waals surface area contributed by atoms with Crippen LogP contribution in [0.25, 0.3) is 0 Å². The van der Waals surface area contributed by atoms with Gasteiger partial charge in [-0.25, -0.2) is 4.79 Å². The van der Waals surface area contributed by atoms with Crippen LogP contribution in [-0.4, -0.2) is 50.7 Å². The summed E-state index contributed by atoms with van der Waals surface area (Å²) in [5, 5.41) is 18.7. The number of hydrogen-bond acceptors (Lipinski definition) is 9. The third kappa shape index (κ3) is 5.54. The number of esters is 1. The van der Waals surface area contributed by atoms with Gasteiger partial charge in [0, 0.05) is 12.1 Å². The van der Waals surface area contributed by atoms with E-state index in [0.717, 1.165) is 16.4 Å². The number of nitrogen functional groups attached to an aromatic ring is 1. The van der Waals surface area contributed by atoms with E-state index in [1.165, 1.54) is 19.2 Å². The fourth-order valence-electron chi connectivity index (χ4n) is 2.04. The summed E-state index contributed by atoms with van der Waals surface area (Å²) in [7, 11) is 1.27. The molecule has 11 nitrogen and oxygen atoms in total. The summed E-state index contributed by atoms with van der Waals surface area (Å²) in [6.45, 7) is 0. The maximum absolute atomic E-state index is 12.0. The lowest BCUT2D eigenvalue weighted by Crippen LogP contribution is -2.34. The average molecular weight is 407 g/mol. The number of carbonyl (C=O) groups excluding carboxylic acids is 2. The first-order valence-electron chi connectivity index (χ1n) is 7.88. The summed E-state index contributed by atoms with van der Waals surface area (Å²) >= 11 is 0.895. The molecule has 0 spiro atoms. The van der Waals surface area contributed by atoms with Gasteiger partial charge in [-0.1, -0.05) is 11.8 Å². The van der Waals surface area contributed by atoms with Crippen molar-refractivity contribution in [3.05, 3.63) is 45.9 Å². The van der Waals surface area contributed by atoms with Gasteiger partial charge in [0.15, 0.2) is 0 Å². The Morgan fingerprint density at radius 1 is 1.25 bits per heavy atom. The fraction of sp³-hybridized carbons (Fsp3) is 0.250. The molecule has 12 heteroatoms.